The summed E-state index contributed by atoms with van der Waals surface area (Å²) in [5.41, 5.74) is 2.14. The minimum atomic E-state index is -0.310. The summed E-state index contributed by atoms with van der Waals surface area (Å²) in [6.45, 7) is 8.50. The average Bonchev–Trinajstić information content (AvgIpc) is 3.25. The summed E-state index contributed by atoms with van der Waals surface area (Å²) in [6.07, 6.45) is 8.10. The van der Waals surface area contributed by atoms with Crippen molar-refractivity contribution in [2.45, 2.75) is 103 Å². The summed E-state index contributed by atoms with van der Waals surface area (Å²) < 4.78 is 24.5. The van der Waals surface area contributed by atoms with Gasteiger partial charge in [0, 0.05) is 25.6 Å². The Kier molecular flexibility index (Phi) is 9.87. The highest BCUT2D eigenvalue weighted by molar-refractivity contribution is 5.94. The van der Waals surface area contributed by atoms with Crippen LogP contribution in [0.15, 0.2) is 28.8 Å². The first kappa shape index (κ1) is 27.3. The number of hydrogen-bond acceptors (Lipinski definition) is 5. The lowest BCUT2D eigenvalue weighted by atomic mass is 9.87. The number of aryl methyl sites for hydroxylation is 1. The highest BCUT2D eigenvalue weighted by atomic mass is 19.1. The summed E-state index contributed by atoms with van der Waals surface area (Å²) in [4.78, 5) is 13.0. The van der Waals surface area contributed by atoms with Crippen molar-refractivity contribution >= 4 is 11.7 Å². The number of nitrogens with zero attached hydrogens (tertiary/aromatic N) is 1. The van der Waals surface area contributed by atoms with Gasteiger partial charge in [-0.05, 0) is 75.1 Å². The van der Waals surface area contributed by atoms with Crippen molar-refractivity contribution in [3.63, 3.8) is 0 Å². The molecular weight excluding hydrogens is 445 g/mol. The van der Waals surface area contributed by atoms with Gasteiger partial charge >= 0.3 is 0 Å². The molecule has 1 heterocycles. The van der Waals surface area contributed by atoms with Crippen LogP contribution >= 0.6 is 0 Å². The SMILES string of the molecule is CCC[C@H](NC1CCc2cc(F)ccc2C1)C(=O)Nc1cc(CC(C)CCCC(C)(C)OC)on1. The molecule has 6 nitrogen and oxygen atoms in total. The Morgan fingerprint density at radius 3 is 2.83 bits per heavy atom. The largest absolute Gasteiger partial charge is 0.379 e. The Morgan fingerprint density at radius 2 is 2.09 bits per heavy atom. The van der Waals surface area contributed by atoms with Gasteiger partial charge in [0.25, 0.3) is 0 Å². The van der Waals surface area contributed by atoms with Crippen molar-refractivity contribution in [3.8, 4) is 0 Å². The number of halogens is 1. The van der Waals surface area contributed by atoms with Gasteiger partial charge in [0.05, 0.1) is 11.6 Å². The maximum atomic E-state index is 13.5. The Hall–Kier alpha value is -2.25. The van der Waals surface area contributed by atoms with E-state index in [1.54, 1.807) is 13.2 Å². The zero-order valence-corrected chi connectivity index (χ0v) is 22.0. The fourth-order valence-corrected chi connectivity index (χ4v) is 4.83. The Labute approximate surface area is 209 Å². The number of ether oxygens (including phenoxy) is 1. The molecule has 0 saturated carbocycles. The molecule has 0 radical (unpaired) electrons. The molecule has 194 valence electrons. The molecule has 1 aliphatic carbocycles. The van der Waals surface area contributed by atoms with E-state index in [0.717, 1.165) is 74.7 Å². The normalized spacial score (nSPS) is 17.6. The van der Waals surface area contributed by atoms with Gasteiger partial charge in [0.1, 0.15) is 11.6 Å². The number of fused-ring (bicyclic) bond motifs is 1. The van der Waals surface area contributed by atoms with Crippen molar-refractivity contribution in [3.05, 3.63) is 47.0 Å². The van der Waals surface area contributed by atoms with E-state index in [0.29, 0.717) is 11.7 Å². The number of carbonyl (C=O) groups is 1. The van der Waals surface area contributed by atoms with Crippen LogP contribution in [0.2, 0.25) is 0 Å². The average molecular weight is 488 g/mol. The number of hydrogen-bond donors (Lipinski definition) is 2. The van der Waals surface area contributed by atoms with Crippen LogP contribution in [0.1, 0.15) is 83.1 Å². The smallest absolute Gasteiger partial charge is 0.242 e. The van der Waals surface area contributed by atoms with E-state index in [-0.39, 0.29) is 29.4 Å². The molecule has 1 amide bonds. The first-order valence-electron chi connectivity index (χ1n) is 13.0. The van der Waals surface area contributed by atoms with Gasteiger partial charge in [-0.2, -0.15) is 0 Å². The molecule has 2 N–H and O–H groups in total. The third kappa shape index (κ3) is 8.43. The lowest BCUT2D eigenvalue weighted by molar-refractivity contribution is -0.118. The molecule has 3 atom stereocenters. The third-order valence-electron chi connectivity index (χ3n) is 7.12. The number of rotatable bonds is 13. The van der Waals surface area contributed by atoms with Gasteiger partial charge in [-0.25, -0.2) is 4.39 Å². The second-order valence-corrected chi connectivity index (χ2v) is 10.7. The molecule has 1 aliphatic rings. The Bertz CT molecular complexity index is 959. The summed E-state index contributed by atoms with van der Waals surface area (Å²) in [5, 5.41) is 10.6. The quantitative estimate of drug-likeness (QED) is 0.371. The molecule has 2 unspecified atom stereocenters. The van der Waals surface area contributed by atoms with Crippen LogP contribution in [-0.2, 0) is 28.8 Å². The van der Waals surface area contributed by atoms with Crippen molar-refractivity contribution in [1.82, 2.24) is 10.5 Å². The number of aromatic nitrogens is 1. The molecule has 0 bridgehead atoms. The highest BCUT2D eigenvalue weighted by Gasteiger charge is 2.26. The topological polar surface area (TPSA) is 76.4 Å². The summed E-state index contributed by atoms with van der Waals surface area (Å²) in [7, 11) is 1.75. The molecule has 1 aromatic carbocycles. The minimum absolute atomic E-state index is 0.0913. The molecule has 3 rings (SSSR count). The van der Waals surface area contributed by atoms with Gasteiger partial charge < -0.3 is 19.9 Å². The van der Waals surface area contributed by atoms with Crippen LogP contribution in [0.5, 0.6) is 0 Å². The van der Waals surface area contributed by atoms with Gasteiger partial charge in [-0.1, -0.05) is 44.3 Å². The predicted octanol–water partition coefficient (Wildman–Crippen LogP) is 5.84. The number of nitrogens with one attached hydrogen (secondary N) is 2. The number of anilines is 1. The number of benzene rings is 1. The van der Waals surface area contributed by atoms with E-state index in [1.807, 2.05) is 12.1 Å². The lowest BCUT2D eigenvalue weighted by Gasteiger charge is -2.29. The number of carbonyl (C=O) groups excluding carboxylic acids is 1. The van der Waals surface area contributed by atoms with Crippen LogP contribution in [0.25, 0.3) is 0 Å². The molecule has 0 fully saturated rings. The van der Waals surface area contributed by atoms with Crippen LogP contribution in [0.4, 0.5) is 10.2 Å². The summed E-state index contributed by atoms with van der Waals surface area (Å²) >= 11 is 0. The van der Waals surface area contributed by atoms with Crippen molar-refractivity contribution in [1.29, 1.82) is 0 Å². The summed E-state index contributed by atoms with van der Waals surface area (Å²) in [6, 6.07) is 6.72. The zero-order valence-electron chi connectivity index (χ0n) is 22.0. The first-order chi connectivity index (χ1) is 16.7. The minimum Gasteiger partial charge on any atom is -0.379 e. The molecule has 0 aliphatic heterocycles. The highest BCUT2D eigenvalue weighted by Crippen LogP contribution is 2.24. The first-order valence-corrected chi connectivity index (χ1v) is 13.0. The second kappa shape index (κ2) is 12.6. The Morgan fingerprint density at radius 1 is 1.29 bits per heavy atom. The van der Waals surface area contributed by atoms with Gasteiger partial charge in [0.15, 0.2) is 5.82 Å². The van der Waals surface area contributed by atoms with E-state index in [9.17, 15) is 9.18 Å². The van der Waals surface area contributed by atoms with Crippen molar-refractivity contribution in [2.24, 2.45) is 5.92 Å². The van der Waals surface area contributed by atoms with Gasteiger partial charge in [-0.3, -0.25) is 4.79 Å². The maximum absolute atomic E-state index is 13.5. The van der Waals surface area contributed by atoms with E-state index in [4.69, 9.17) is 9.26 Å². The Balaban J connectivity index is 1.49. The number of methoxy groups -OCH3 is 1. The molecule has 35 heavy (non-hydrogen) atoms. The fourth-order valence-electron chi connectivity index (χ4n) is 4.83. The molecule has 1 aromatic heterocycles. The van der Waals surface area contributed by atoms with E-state index in [2.05, 4.69) is 43.5 Å². The third-order valence-corrected chi connectivity index (χ3v) is 7.12. The molecule has 7 heteroatoms. The lowest BCUT2D eigenvalue weighted by Crippen LogP contribution is -2.47. The van der Waals surface area contributed by atoms with Crippen LogP contribution in [0, 0.1) is 11.7 Å². The molecule has 0 saturated heterocycles. The fraction of sp³-hybridized carbons (Fsp3) is 0.643. The van der Waals surface area contributed by atoms with Gasteiger partial charge in [0.2, 0.25) is 5.91 Å². The zero-order chi connectivity index (χ0) is 25.4. The van der Waals surface area contributed by atoms with E-state index in [1.165, 1.54) is 6.07 Å². The maximum Gasteiger partial charge on any atom is 0.242 e. The van der Waals surface area contributed by atoms with Gasteiger partial charge in [-0.15, -0.1) is 0 Å². The molecule has 2 aromatic rings. The van der Waals surface area contributed by atoms with E-state index < -0.39 is 0 Å². The van der Waals surface area contributed by atoms with Crippen LogP contribution in [0.3, 0.4) is 0 Å². The van der Waals surface area contributed by atoms with Crippen molar-refractivity contribution < 1.29 is 18.4 Å². The van der Waals surface area contributed by atoms with Crippen molar-refractivity contribution in [2.75, 3.05) is 12.4 Å². The summed E-state index contributed by atoms with van der Waals surface area (Å²) in [5.74, 6) is 1.43. The molecular formula is C28H42FN3O3. The van der Waals surface area contributed by atoms with Crippen LogP contribution < -0.4 is 10.6 Å². The van der Waals surface area contributed by atoms with E-state index >= 15 is 0 Å². The standard InChI is InChI=1S/C28H42FN3O3/c1-6-8-25(30-23-13-11-20-16-22(29)12-10-21(20)17-23)27(33)31-26-18-24(35-32-26)15-19(2)9-7-14-28(3,4)34-5/h10,12,16,18-19,23,25,30H,6-9,11,13-15,17H2,1-5H3,(H,31,32,33)/t19?,23?,25-/m0/s1. The second-order valence-electron chi connectivity index (χ2n) is 10.7. The molecule has 0 spiro atoms. The number of amides is 1. The predicted molar refractivity (Wildman–Crippen MR) is 137 cm³/mol. The van der Waals surface area contributed by atoms with Crippen LogP contribution in [-0.4, -0.2) is 35.9 Å². The monoisotopic (exact) mass is 487 g/mol.